The molecule has 0 saturated carbocycles. The second-order valence-corrected chi connectivity index (χ2v) is 2.44. The van der Waals surface area contributed by atoms with E-state index in [4.69, 9.17) is 0 Å². The highest BCUT2D eigenvalue weighted by atomic mass is 19.1. The summed E-state index contributed by atoms with van der Waals surface area (Å²) in [6.07, 6.45) is 3.22. The van der Waals surface area contributed by atoms with Crippen molar-refractivity contribution in [2.24, 2.45) is 0 Å². The fourth-order valence-corrected chi connectivity index (χ4v) is 0.822. The van der Waals surface area contributed by atoms with Gasteiger partial charge in [-0.15, -0.1) is 0 Å². The van der Waals surface area contributed by atoms with Crippen molar-refractivity contribution in [3.05, 3.63) is 35.2 Å². The normalized spacial score (nSPS) is 11.0. The van der Waals surface area contributed by atoms with Crippen LogP contribution in [-0.2, 0) is 0 Å². The molecule has 0 aromatic carbocycles. The third-order valence-electron chi connectivity index (χ3n) is 1.51. The zero-order valence-corrected chi connectivity index (χ0v) is 6.94. The van der Waals surface area contributed by atoms with Crippen molar-refractivity contribution < 1.29 is 8.78 Å². The van der Waals surface area contributed by atoms with E-state index in [0.717, 1.165) is 0 Å². The molecule has 0 radical (unpaired) electrons. The Balaban J connectivity index is 3.21. The van der Waals surface area contributed by atoms with Crippen molar-refractivity contribution >= 4 is 6.08 Å². The molecule has 0 unspecified atom stereocenters. The molecule has 0 N–H and O–H groups in total. The first-order chi connectivity index (χ1) is 5.65. The molecule has 64 valence electrons. The predicted molar refractivity (Wildman–Crippen MR) is 43.6 cm³/mol. The summed E-state index contributed by atoms with van der Waals surface area (Å²) in [5.74, 6) is -1.31. The molecule has 1 aromatic rings. The molecule has 1 nitrogen and oxygen atoms in total. The minimum atomic E-state index is -0.747. The third-order valence-corrected chi connectivity index (χ3v) is 1.51. The number of halogens is 2. The van der Waals surface area contributed by atoms with E-state index < -0.39 is 11.8 Å². The Morgan fingerprint density at radius 2 is 2.08 bits per heavy atom. The van der Waals surface area contributed by atoms with Gasteiger partial charge < -0.3 is 0 Å². The van der Waals surface area contributed by atoms with E-state index in [9.17, 15) is 8.78 Å². The Labute approximate surface area is 69.8 Å². The fraction of sp³-hybridized carbons (Fsp3) is 0.222. The van der Waals surface area contributed by atoms with E-state index in [1.165, 1.54) is 13.0 Å². The molecular weight excluding hydrogens is 160 g/mol. The fourth-order valence-electron chi connectivity index (χ4n) is 0.822. The molecule has 1 aromatic heterocycles. The van der Waals surface area contributed by atoms with Crippen LogP contribution in [-0.4, -0.2) is 4.98 Å². The van der Waals surface area contributed by atoms with Gasteiger partial charge in [0.05, 0.1) is 5.69 Å². The van der Waals surface area contributed by atoms with Crippen LogP contribution in [0.5, 0.6) is 0 Å². The molecule has 0 aliphatic carbocycles. The number of hydrogen-bond donors (Lipinski definition) is 0. The van der Waals surface area contributed by atoms with Crippen molar-refractivity contribution in [2.75, 3.05) is 0 Å². The van der Waals surface area contributed by atoms with Crippen LogP contribution in [0.3, 0.4) is 0 Å². The molecular formula is C9H9F2N. The van der Waals surface area contributed by atoms with Crippen molar-refractivity contribution in [3.8, 4) is 0 Å². The van der Waals surface area contributed by atoms with Crippen LogP contribution in [0.25, 0.3) is 6.08 Å². The first kappa shape index (κ1) is 8.84. The van der Waals surface area contributed by atoms with E-state index in [2.05, 4.69) is 4.98 Å². The molecule has 0 saturated heterocycles. The Hall–Kier alpha value is -1.25. The van der Waals surface area contributed by atoms with Crippen molar-refractivity contribution in [3.63, 3.8) is 0 Å². The molecule has 3 heteroatoms. The summed E-state index contributed by atoms with van der Waals surface area (Å²) in [5, 5.41) is 0. The van der Waals surface area contributed by atoms with Gasteiger partial charge in [0.25, 0.3) is 0 Å². The SMILES string of the molecule is C/C=C/c1cc(F)c(C)c(F)n1. The zero-order valence-electron chi connectivity index (χ0n) is 6.94. The van der Waals surface area contributed by atoms with Gasteiger partial charge in [0.15, 0.2) is 0 Å². The summed E-state index contributed by atoms with van der Waals surface area (Å²) in [6.45, 7) is 3.12. The molecule has 0 fully saturated rings. The van der Waals surface area contributed by atoms with E-state index >= 15 is 0 Å². The van der Waals surface area contributed by atoms with Gasteiger partial charge in [0, 0.05) is 11.6 Å². The average molecular weight is 169 g/mol. The second-order valence-electron chi connectivity index (χ2n) is 2.44. The molecule has 0 aliphatic rings. The highest BCUT2D eigenvalue weighted by Crippen LogP contribution is 2.11. The number of allylic oxidation sites excluding steroid dienone is 1. The zero-order chi connectivity index (χ0) is 9.14. The summed E-state index contributed by atoms with van der Waals surface area (Å²) in [4.78, 5) is 3.53. The minimum Gasteiger partial charge on any atom is -0.220 e. The predicted octanol–water partition coefficient (Wildman–Crippen LogP) is 2.70. The standard InChI is InChI=1S/C9H9F2N/c1-3-4-7-5-8(10)6(2)9(11)12-7/h3-5H,1-2H3/b4-3+. The van der Waals surface area contributed by atoms with E-state index in [1.807, 2.05) is 0 Å². The molecule has 0 atom stereocenters. The van der Waals surface area contributed by atoms with Crippen molar-refractivity contribution in [1.29, 1.82) is 0 Å². The van der Waals surface area contributed by atoms with Crippen LogP contribution in [0, 0.1) is 18.7 Å². The van der Waals surface area contributed by atoms with E-state index in [0.29, 0.717) is 5.69 Å². The Kier molecular flexibility index (Phi) is 2.53. The molecule has 0 spiro atoms. The Morgan fingerprint density at radius 1 is 1.42 bits per heavy atom. The number of hydrogen-bond acceptors (Lipinski definition) is 1. The molecule has 1 heterocycles. The average Bonchev–Trinajstić information content (AvgIpc) is 2.01. The monoisotopic (exact) mass is 169 g/mol. The van der Waals surface area contributed by atoms with Crippen LogP contribution in [0.2, 0.25) is 0 Å². The number of pyridine rings is 1. The maximum Gasteiger partial charge on any atom is 0.219 e. The largest absolute Gasteiger partial charge is 0.220 e. The highest BCUT2D eigenvalue weighted by Gasteiger charge is 2.05. The van der Waals surface area contributed by atoms with Gasteiger partial charge in [0.2, 0.25) is 5.95 Å². The summed E-state index contributed by atoms with van der Waals surface area (Å²) < 4.78 is 25.6. The number of nitrogens with zero attached hydrogens (tertiary/aromatic N) is 1. The Bertz CT molecular complexity index is 295. The first-order valence-corrected chi connectivity index (χ1v) is 3.60. The minimum absolute atomic E-state index is 0.0387. The Morgan fingerprint density at radius 3 is 2.58 bits per heavy atom. The van der Waals surface area contributed by atoms with Gasteiger partial charge in [0.1, 0.15) is 5.82 Å². The van der Waals surface area contributed by atoms with Gasteiger partial charge >= 0.3 is 0 Å². The maximum atomic E-state index is 12.8. The lowest BCUT2D eigenvalue weighted by Gasteiger charge is -1.98. The summed E-state index contributed by atoms with van der Waals surface area (Å²) in [7, 11) is 0. The quantitative estimate of drug-likeness (QED) is 0.589. The van der Waals surface area contributed by atoms with Gasteiger partial charge in [-0.2, -0.15) is 4.39 Å². The summed E-state index contributed by atoms with van der Waals surface area (Å²) >= 11 is 0. The number of rotatable bonds is 1. The van der Waals surface area contributed by atoms with Gasteiger partial charge in [-0.1, -0.05) is 6.08 Å². The van der Waals surface area contributed by atoms with Crippen LogP contribution in [0.1, 0.15) is 18.2 Å². The van der Waals surface area contributed by atoms with Gasteiger partial charge in [-0.25, -0.2) is 9.37 Å². The summed E-state index contributed by atoms with van der Waals surface area (Å²) in [6, 6.07) is 1.21. The first-order valence-electron chi connectivity index (χ1n) is 3.60. The summed E-state index contributed by atoms with van der Waals surface area (Å²) in [5.41, 5.74) is 0.265. The lowest BCUT2D eigenvalue weighted by atomic mass is 10.2. The second kappa shape index (κ2) is 3.43. The van der Waals surface area contributed by atoms with E-state index in [-0.39, 0.29) is 5.56 Å². The van der Waals surface area contributed by atoms with Crippen LogP contribution in [0.4, 0.5) is 8.78 Å². The van der Waals surface area contributed by atoms with Gasteiger partial charge in [-0.05, 0) is 19.9 Å². The van der Waals surface area contributed by atoms with Crippen molar-refractivity contribution in [1.82, 2.24) is 4.98 Å². The maximum absolute atomic E-state index is 12.8. The lowest BCUT2D eigenvalue weighted by molar-refractivity contribution is 0.536. The molecule has 0 bridgehead atoms. The van der Waals surface area contributed by atoms with E-state index in [1.54, 1.807) is 19.1 Å². The van der Waals surface area contributed by atoms with Gasteiger partial charge in [-0.3, -0.25) is 0 Å². The smallest absolute Gasteiger partial charge is 0.219 e. The molecule has 0 aliphatic heterocycles. The topological polar surface area (TPSA) is 12.9 Å². The highest BCUT2D eigenvalue weighted by molar-refractivity contribution is 5.44. The van der Waals surface area contributed by atoms with Crippen molar-refractivity contribution in [2.45, 2.75) is 13.8 Å². The molecule has 0 amide bonds. The molecule has 12 heavy (non-hydrogen) atoms. The van der Waals surface area contributed by atoms with Crippen LogP contribution >= 0.6 is 0 Å². The van der Waals surface area contributed by atoms with Crippen LogP contribution in [0.15, 0.2) is 12.1 Å². The van der Waals surface area contributed by atoms with Crippen LogP contribution < -0.4 is 0 Å². The lowest BCUT2D eigenvalue weighted by Crippen LogP contribution is -1.95. The third kappa shape index (κ3) is 1.67. The molecule has 1 rings (SSSR count). The number of aromatic nitrogens is 1.